The first kappa shape index (κ1) is 15.2. The van der Waals surface area contributed by atoms with E-state index in [2.05, 4.69) is 26.1 Å². The first-order chi connectivity index (χ1) is 7.64. The zero-order valence-corrected chi connectivity index (χ0v) is 11.2. The molecule has 0 saturated carbocycles. The molecule has 0 radical (unpaired) electrons. The zero-order valence-electron chi connectivity index (χ0n) is 11.2. The van der Waals surface area contributed by atoms with Crippen LogP contribution in [0.1, 0.15) is 33.6 Å². The van der Waals surface area contributed by atoms with Gasteiger partial charge in [-0.25, -0.2) is 4.79 Å². The fourth-order valence-electron chi connectivity index (χ4n) is 2.16. The summed E-state index contributed by atoms with van der Waals surface area (Å²) in [5.74, 6) is 0. The number of hydrogen-bond acceptors (Lipinski definition) is 2. The summed E-state index contributed by atoms with van der Waals surface area (Å²) in [7, 11) is 1.59. The largest absolute Gasteiger partial charge is 0.444 e. The molecular weight excluding hydrogens is 204 g/mol. The summed E-state index contributed by atoms with van der Waals surface area (Å²) in [6.07, 6.45) is 2.02. The number of nitrogens with one attached hydrogen (secondary N) is 1. The van der Waals surface area contributed by atoms with Gasteiger partial charge < -0.3 is 14.5 Å². The van der Waals surface area contributed by atoms with Crippen molar-refractivity contribution in [3.05, 3.63) is 0 Å². The summed E-state index contributed by atoms with van der Waals surface area (Å²) in [6, 6.07) is 0. The first-order valence-electron chi connectivity index (χ1n) is 6.33. The molecule has 0 spiro atoms. The molecule has 0 rings (SSSR count). The van der Waals surface area contributed by atoms with Crippen LogP contribution in [0.3, 0.4) is 0 Å². The Hall–Kier alpha value is -0.770. The third-order valence-electron chi connectivity index (χ3n) is 3.07. The van der Waals surface area contributed by atoms with Crippen LogP contribution in [0, 0.1) is 0 Å². The number of alkyl carbamates (subject to hydrolysis) is 1. The monoisotopic (exact) mass is 231 g/mol. The van der Waals surface area contributed by atoms with E-state index in [0.717, 1.165) is 17.6 Å². The molecule has 0 aliphatic carbocycles. The molecule has 4 nitrogen and oxygen atoms in total. The van der Waals surface area contributed by atoms with Crippen LogP contribution in [0.2, 0.25) is 0 Å². The van der Waals surface area contributed by atoms with E-state index in [-0.39, 0.29) is 6.09 Å². The van der Waals surface area contributed by atoms with Gasteiger partial charge in [0, 0.05) is 7.05 Å². The van der Waals surface area contributed by atoms with Crippen molar-refractivity contribution in [1.29, 1.82) is 0 Å². The minimum atomic E-state index is -0.331. The maximum atomic E-state index is 11.0. The number of rotatable bonds is 8. The molecule has 1 amide bonds. The molecule has 0 aliphatic rings. The summed E-state index contributed by atoms with van der Waals surface area (Å²) in [5.41, 5.74) is 0. The maximum Gasteiger partial charge on any atom is 0.407 e. The lowest BCUT2D eigenvalue weighted by molar-refractivity contribution is -0.926. The third kappa shape index (κ3) is 5.35. The number of carbonyl (C=O) groups is 1. The van der Waals surface area contributed by atoms with Gasteiger partial charge in [0.1, 0.15) is 13.2 Å². The van der Waals surface area contributed by atoms with E-state index in [1.54, 1.807) is 7.05 Å². The summed E-state index contributed by atoms with van der Waals surface area (Å²) in [5, 5.41) is 2.47. The molecule has 0 bridgehead atoms. The predicted molar refractivity (Wildman–Crippen MR) is 66.4 cm³/mol. The molecule has 16 heavy (non-hydrogen) atoms. The van der Waals surface area contributed by atoms with Gasteiger partial charge in [-0.15, -0.1) is 0 Å². The maximum absolute atomic E-state index is 11.0. The lowest BCUT2D eigenvalue weighted by atomic mass is 10.2. The molecule has 96 valence electrons. The topological polar surface area (TPSA) is 38.3 Å². The predicted octanol–water partition coefficient (Wildman–Crippen LogP) is 2.00. The number of hydrogen-bond donors (Lipinski definition) is 1. The highest BCUT2D eigenvalue weighted by atomic mass is 16.5. The molecule has 0 aromatic heterocycles. The van der Waals surface area contributed by atoms with Crippen LogP contribution in [0.25, 0.3) is 0 Å². The van der Waals surface area contributed by atoms with E-state index in [9.17, 15) is 4.79 Å². The summed E-state index contributed by atoms with van der Waals surface area (Å²) >= 11 is 0. The molecular formula is C12H27N2O2+. The molecule has 0 heterocycles. The van der Waals surface area contributed by atoms with Gasteiger partial charge in [-0.05, 0) is 19.8 Å². The molecule has 0 fully saturated rings. The van der Waals surface area contributed by atoms with Crippen molar-refractivity contribution in [1.82, 2.24) is 5.32 Å². The summed E-state index contributed by atoms with van der Waals surface area (Å²) in [4.78, 5) is 11.0. The van der Waals surface area contributed by atoms with Crippen molar-refractivity contribution in [2.75, 3.05) is 39.8 Å². The molecule has 4 heteroatoms. The van der Waals surface area contributed by atoms with E-state index in [0.29, 0.717) is 6.61 Å². The first-order valence-corrected chi connectivity index (χ1v) is 6.33. The highest BCUT2D eigenvalue weighted by molar-refractivity contribution is 5.66. The second kappa shape index (κ2) is 8.39. The molecule has 0 atom stereocenters. The highest BCUT2D eigenvalue weighted by Gasteiger charge is 2.23. The van der Waals surface area contributed by atoms with E-state index >= 15 is 0 Å². The van der Waals surface area contributed by atoms with Crippen LogP contribution >= 0.6 is 0 Å². The number of quaternary nitrogens is 1. The van der Waals surface area contributed by atoms with Crippen molar-refractivity contribution in [2.45, 2.75) is 33.6 Å². The number of nitrogens with zero attached hydrogens (tertiary/aromatic N) is 1. The van der Waals surface area contributed by atoms with Gasteiger partial charge in [0.25, 0.3) is 0 Å². The van der Waals surface area contributed by atoms with Gasteiger partial charge in [-0.1, -0.05) is 13.8 Å². The van der Waals surface area contributed by atoms with E-state index in [1.165, 1.54) is 25.9 Å². The summed E-state index contributed by atoms with van der Waals surface area (Å²) < 4.78 is 6.14. The standard InChI is InChI=1S/C12H26N2O2/c1-5-8-14(7-3,9-6-2)10-11-16-12(15)13-4/h5-11H2,1-4H3/p+1. The van der Waals surface area contributed by atoms with Crippen molar-refractivity contribution in [3.63, 3.8) is 0 Å². The smallest absolute Gasteiger partial charge is 0.407 e. The Balaban J connectivity index is 4.13. The van der Waals surface area contributed by atoms with Crippen LogP contribution in [-0.4, -0.2) is 50.4 Å². The van der Waals surface area contributed by atoms with E-state index < -0.39 is 0 Å². The van der Waals surface area contributed by atoms with Crippen molar-refractivity contribution in [3.8, 4) is 0 Å². The van der Waals surface area contributed by atoms with Crippen molar-refractivity contribution >= 4 is 6.09 Å². The van der Waals surface area contributed by atoms with Gasteiger partial charge in [0.05, 0.1) is 19.6 Å². The van der Waals surface area contributed by atoms with Crippen molar-refractivity contribution < 1.29 is 14.0 Å². The molecule has 0 unspecified atom stereocenters. The quantitative estimate of drug-likeness (QED) is 0.649. The van der Waals surface area contributed by atoms with Crippen LogP contribution < -0.4 is 5.32 Å². The second-order valence-corrected chi connectivity index (χ2v) is 4.21. The van der Waals surface area contributed by atoms with Crippen molar-refractivity contribution in [2.24, 2.45) is 0 Å². The average molecular weight is 231 g/mol. The van der Waals surface area contributed by atoms with E-state index in [4.69, 9.17) is 4.74 Å². The normalized spacial score (nSPS) is 11.2. The lowest BCUT2D eigenvalue weighted by Gasteiger charge is -2.37. The van der Waals surface area contributed by atoms with Gasteiger partial charge >= 0.3 is 6.09 Å². The SMILES string of the molecule is CCC[N+](CC)(CCC)CCOC(=O)NC. The van der Waals surface area contributed by atoms with Crippen LogP contribution in [-0.2, 0) is 4.74 Å². The molecule has 1 N–H and O–H groups in total. The Kier molecular flexibility index (Phi) is 7.99. The van der Waals surface area contributed by atoms with Gasteiger partial charge in [0.15, 0.2) is 0 Å². The molecule has 0 aromatic rings. The average Bonchev–Trinajstić information content (AvgIpc) is 2.29. The van der Waals surface area contributed by atoms with Crippen LogP contribution in [0.15, 0.2) is 0 Å². The van der Waals surface area contributed by atoms with Gasteiger partial charge in [-0.2, -0.15) is 0 Å². The number of ether oxygens (including phenoxy) is 1. The Morgan fingerprint density at radius 2 is 1.69 bits per heavy atom. The lowest BCUT2D eigenvalue weighted by Crippen LogP contribution is -2.51. The minimum Gasteiger partial charge on any atom is -0.444 e. The molecule has 0 aromatic carbocycles. The van der Waals surface area contributed by atoms with E-state index in [1.807, 2.05) is 0 Å². The number of likely N-dealkylation sites (N-methyl/N-ethyl adjacent to an activating group) is 1. The molecule has 0 saturated heterocycles. The van der Waals surface area contributed by atoms with Crippen LogP contribution in [0.4, 0.5) is 4.79 Å². The Labute approximate surface area is 99.5 Å². The molecule has 0 aliphatic heterocycles. The summed E-state index contributed by atoms with van der Waals surface area (Å²) in [6.45, 7) is 11.5. The van der Waals surface area contributed by atoms with Gasteiger partial charge in [-0.3, -0.25) is 0 Å². The second-order valence-electron chi connectivity index (χ2n) is 4.21. The minimum absolute atomic E-state index is 0.331. The third-order valence-corrected chi connectivity index (χ3v) is 3.07. The fraction of sp³-hybridized carbons (Fsp3) is 0.917. The highest BCUT2D eigenvalue weighted by Crippen LogP contribution is 2.09. The van der Waals surface area contributed by atoms with Gasteiger partial charge in [0.2, 0.25) is 0 Å². The number of amides is 1. The Bertz CT molecular complexity index is 189. The Morgan fingerprint density at radius 1 is 1.12 bits per heavy atom. The van der Waals surface area contributed by atoms with Crippen LogP contribution in [0.5, 0.6) is 0 Å². The Morgan fingerprint density at radius 3 is 2.06 bits per heavy atom. The zero-order chi connectivity index (χ0) is 12.4. The number of carbonyl (C=O) groups excluding carboxylic acids is 1. The fourth-order valence-corrected chi connectivity index (χ4v) is 2.16.